The van der Waals surface area contributed by atoms with E-state index in [9.17, 15) is 8.78 Å². The minimum absolute atomic E-state index is 0.631. The standard InChI is InChI=1S/C28H23F2NO/c1-32-15-14-23-10-13-26(31-19-23)12-9-21-4-2-20(3-5-21)6-7-22-8-11-24-17-27(29)28(30)18-25(24)16-22/h2-5,8,10-11,13,16-19H,9,12,14-15H2,1H3. The van der Waals surface area contributed by atoms with Crippen LogP contribution < -0.4 is 0 Å². The maximum absolute atomic E-state index is 13.5. The highest BCUT2D eigenvalue weighted by molar-refractivity contribution is 5.84. The first-order chi connectivity index (χ1) is 15.6. The van der Waals surface area contributed by atoms with Gasteiger partial charge in [0.05, 0.1) is 6.61 Å². The van der Waals surface area contributed by atoms with E-state index in [4.69, 9.17) is 4.74 Å². The van der Waals surface area contributed by atoms with Crippen molar-refractivity contribution in [1.29, 1.82) is 0 Å². The lowest BCUT2D eigenvalue weighted by Crippen LogP contribution is -1.98. The van der Waals surface area contributed by atoms with Gasteiger partial charge in [-0.1, -0.05) is 36.1 Å². The number of fused-ring (bicyclic) bond motifs is 1. The number of aromatic nitrogens is 1. The van der Waals surface area contributed by atoms with Crippen LogP contribution in [0.4, 0.5) is 8.78 Å². The van der Waals surface area contributed by atoms with Crippen molar-refractivity contribution in [3.63, 3.8) is 0 Å². The maximum atomic E-state index is 13.5. The second-order valence-corrected chi connectivity index (χ2v) is 7.68. The van der Waals surface area contributed by atoms with E-state index in [1.165, 1.54) is 23.3 Å². The predicted molar refractivity (Wildman–Crippen MR) is 124 cm³/mol. The van der Waals surface area contributed by atoms with Crippen molar-refractivity contribution < 1.29 is 13.5 Å². The van der Waals surface area contributed by atoms with Gasteiger partial charge in [-0.25, -0.2) is 8.78 Å². The minimum atomic E-state index is -0.851. The molecule has 160 valence electrons. The van der Waals surface area contributed by atoms with E-state index >= 15 is 0 Å². The van der Waals surface area contributed by atoms with Crippen LogP contribution in [-0.4, -0.2) is 18.7 Å². The van der Waals surface area contributed by atoms with E-state index in [1.807, 2.05) is 24.4 Å². The van der Waals surface area contributed by atoms with Crippen molar-refractivity contribution in [3.8, 4) is 11.8 Å². The molecule has 32 heavy (non-hydrogen) atoms. The molecule has 0 atom stereocenters. The Bertz CT molecular complexity index is 1270. The fourth-order valence-electron chi connectivity index (χ4n) is 3.46. The molecule has 2 nitrogen and oxygen atoms in total. The van der Waals surface area contributed by atoms with E-state index in [1.54, 1.807) is 19.2 Å². The second-order valence-electron chi connectivity index (χ2n) is 7.68. The normalized spacial score (nSPS) is 10.7. The second kappa shape index (κ2) is 10.2. The molecular weight excluding hydrogens is 404 g/mol. The van der Waals surface area contributed by atoms with Crippen LogP contribution in [0.15, 0.2) is 72.9 Å². The third-order valence-electron chi connectivity index (χ3n) is 5.34. The Hall–Kier alpha value is -3.55. The quantitative estimate of drug-likeness (QED) is 0.358. The highest BCUT2D eigenvalue weighted by Crippen LogP contribution is 2.19. The molecule has 4 heteroatoms. The number of pyridine rings is 1. The Morgan fingerprint density at radius 1 is 0.719 bits per heavy atom. The monoisotopic (exact) mass is 427 g/mol. The van der Waals surface area contributed by atoms with Gasteiger partial charge in [0.2, 0.25) is 0 Å². The number of hydrogen-bond acceptors (Lipinski definition) is 2. The summed E-state index contributed by atoms with van der Waals surface area (Å²) in [6, 6.07) is 20.1. The summed E-state index contributed by atoms with van der Waals surface area (Å²) in [5.74, 6) is 4.54. The molecule has 3 aromatic carbocycles. The largest absolute Gasteiger partial charge is 0.384 e. The summed E-state index contributed by atoms with van der Waals surface area (Å²) in [5.41, 5.74) is 5.14. The number of hydrogen-bond donors (Lipinski definition) is 0. The van der Waals surface area contributed by atoms with Crippen molar-refractivity contribution in [1.82, 2.24) is 4.98 Å². The average Bonchev–Trinajstić information content (AvgIpc) is 2.82. The highest BCUT2D eigenvalue weighted by Gasteiger charge is 2.04. The van der Waals surface area contributed by atoms with Crippen LogP contribution in [0, 0.1) is 23.5 Å². The Labute approximate surface area is 186 Å². The van der Waals surface area contributed by atoms with E-state index < -0.39 is 11.6 Å². The van der Waals surface area contributed by atoms with Crippen LogP contribution in [0.5, 0.6) is 0 Å². The lowest BCUT2D eigenvalue weighted by molar-refractivity contribution is 0.202. The zero-order valence-corrected chi connectivity index (χ0v) is 17.9. The number of nitrogens with zero attached hydrogens (tertiary/aromatic N) is 1. The van der Waals surface area contributed by atoms with Gasteiger partial charge in [0, 0.05) is 30.1 Å². The summed E-state index contributed by atoms with van der Waals surface area (Å²) in [6.45, 7) is 0.704. The first-order valence-corrected chi connectivity index (χ1v) is 10.5. The average molecular weight is 427 g/mol. The molecule has 0 aliphatic rings. The highest BCUT2D eigenvalue weighted by atomic mass is 19.2. The van der Waals surface area contributed by atoms with Crippen molar-refractivity contribution in [2.45, 2.75) is 19.3 Å². The van der Waals surface area contributed by atoms with Gasteiger partial charge in [-0.3, -0.25) is 4.98 Å². The van der Waals surface area contributed by atoms with Gasteiger partial charge in [-0.15, -0.1) is 0 Å². The molecule has 4 rings (SSSR count). The molecular formula is C28H23F2NO. The van der Waals surface area contributed by atoms with E-state index in [0.29, 0.717) is 17.4 Å². The summed E-state index contributed by atoms with van der Waals surface area (Å²) in [5, 5.41) is 1.28. The molecule has 0 spiro atoms. The molecule has 0 saturated heterocycles. The maximum Gasteiger partial charge on any atom is 0.159 e. The fourth-order valence-corrected chi connectivity index (χ4v) is 3.46. The van der Waals surface area contributed by atoms with Crippen LogP contribution in [0.3, 0.4) is 0 Å². The molecule has 0 unspecified atom stereocenters. The molecule has 0 saturated carbocycles. The molecule has 0 fully saturated rings. The number of halogens is 2. The summed E-state index contributed by atoms with van der Waals surface area (Å²) in [7, 11) is 1.70. The topological polar surface area (TPSA) is 22.1 Å². The first-order valence-electron chi connectivity index (χ1n) is 10.5. The van der Waals surface area contributed by atoms with Gasteiger partial charge in [0.15, 0.2) is 11.6 Å². The zero-order chi connectivity index (χ0) is 22.3. The Balaban J connectivity index is 1.37. The van der Waals surface area contributed by atoms with Crippen molar-refractivity contribution >= 4 is 10.8 Å². The number of rotatable bonds is 6. The summed E-state index contributed by atoms with van der Waals surface area (Å²) in [6.07, 6.45) is 4.58. The molecule has 0 aliphatic heterocycles. The molecule has 0 N–H and O–H groups in total. The van der Waals surface area contributed by atoms with E-state index in [0.717, 1.165) is 36.1 Å². The van der Waals surface area contributed by atoms with Crippen LogP contribution in [-0.2, 0) is 24.0 Å². The van der Waals surface area contributed by atoms with Crippen LogP contribution in [0.25, 0.3) is 10.8 Å². The molecule has 0 amide bonds. The lowest BCUT2D eigenvalue weighted by atomic mass is 10.0. The SMILES string of the molecule is COCCc1ccc(CCc2ccc(C#Cc3ccc4cc(F)c(F)cc4c3)cc2)nc1. The number of benzene rings is 3. The van der Waals surface area contributed by atoms with Gasteiger partial charge < -0.3 is 4.74 Å². The Morgan fingerprint density at radius 2 is 1.41 bits per heavy atom. The van der Waals surface area contributed by atoms with Crippen molar-refractivity contribution in [2.75, 3.05) is 13.7 Å². The first kappa shape index (κ1) is 21.7. The molecule has 1 aromatic heterocycles. The third kappa shape index (κ3) is 5.57. The van der Waals surface area contributed by atoms with Crippen molar-refractivity contribution in [3.05, 3.63) is 113 Å². The molecule has 4 aromatic rings. The van der Waals surface area contributed by atoms with Crippen LogP contribution in [0.1, 0.15) is 27.9 Å². The van der Waals surface area contributed by atoms with Gasteiger partial charge in [0.25, 0.3) is 0 Å². The van der Waals surface area contributed by atoms with Gasteiger partial charge in [0.1, 0.15) is 0 Å². The summed E-state index contributed by atoms with van der Waals surface area (Å²) in [4.78, 5) is 4.54. The smallest absolute Gasteiger partial charge is 0.159 e. The van der Waals surface area contributed by atoms with E-state index in [2.05, 4.69) is 41.1 Å². The Kier molecular flexibility index (Phi) is 6.89. The van der Waals surface area contributed by atoms with Gasteiger partial charge >= 0.3 is 0 Å². The van der Waals surface area contributed by atoms with E-state index in [-0.39, 0.29) is 0 Å². The zero-order valence-electron chi connectivity index (χ0n) is 17.9. The van der Waals surface area contributed by atoms with Crippen molar-refractivity contribution in [2.24, 2.45) is 0 Å². The molecule has 1 heterocycles. The van der Waals surface area contributed by atoms with Gasteiger partial charge in [-0.05, 0) is 83.6 Å². The number of ether oxygens (including phenoxy) is 1. The molecule has 0 aliphatic carbocycles. The predicted octanol–water partition coefficient (Wildman–Crippen LogP) is 5.89. The third-order valence-corrected chi connectivity index (χ3v) is 5.34. The van der Waals surface area contributed by atoms with Gasteiger partial charge in [-0.2, -0.15) is 0 Å². The fraction of sp³-hybridized carbons (Fsp3) is 0.179. The minimum Gasteiger partial charge on any atom is -0.384 e. The van der Waals surface area contributed by atoms with Crippen LogP contribution in [0.2, 0.25) is 0 Å². The summed E-state index contributed by atoms with van der Waals surface area (Å²) >= 11 is 0. The molecule has 0 radical (unpaired) electrons. The summed E-state index contributed by atoms with van der Waals surface area (Å²) < 4.78 is 31.9. The van der Waals surface area contributed by atoms with Crippen LogP contribution >= 0.6 is 0 Å². The number of methoxy groups -OCH3 is 1. The Morgan fingerprint density at radius 3 is 2.12 bits per heavy atom. The number of aryl methyl sites for hydroxylation is 2. The molecule has 0 bridgehead atoms. The lowest BCUT2D eigenvalue weighted by Gasteiger charge is -2.04.